The number of para-hydroxylation sites is 1. The summed E-state index contributed by atoms with van der Waals surface area (Å²) in [5.41, 5.74) is 0.239. The lowest BCUT2D eigenvalue weighted by Crippen LogP contribution is -2.44. The lowest BCUT2D eigenvalue weighted by Gasteiger charge is -2.31. The number of rotatable bonds is 13. The number of aliphatic hydroxyl groups is 1. The third kappa shape index (κ3) is 7.28. The summed E-state index contributed by atoms with van der Waals surface area (Å²) in [6.45, 7) is 9.41. The number of furan rings is 1. The van der Waals surface area contributed by atoms with Crippen molar-refractivity contribution in [1.29, 1.82) is 0 Å². The maximum atomic E-state index is 14.7. The first-order chi connectivity index (χ1) is 21.4. The summed E-state index contributed by atoms with van der Waals surface area (Å²) in [6.07, 6.45) is -0.777. The zero-order valence-electron chi connectivity index (χ0n) is 27.0. The Balaban J connectivity index is 1.99. The van der Waals surface area contributed by atoms with Crippen molar-refractivity contribution in [3.63, 3.8) is 0 Å². The second kappa shape index (κ2) is 13.4. The van der Waals surface area contributed by atoms with Crippen LogP contribution in [0.4, 0.5) is 5.95 Å². The van der Waals surface area contributed by atoms with Crippen molar-refractivity contribution in [2.45, 2.75) is 55.8 Å². The van der Waals surface area contributed by atoms with Gasteiger partial charge in [-0.2, -0.15) is 0 Å². The number of hydrogen-bond acceptors (Lipinski definition) is 10. The number of halogens is 1. The average Bonchev–Trinajstić information content (AvgIpc) is 3.60. The molecule has 2 atom stereocenters. The van der Waals surface area contributed by atoms with E-state index < -0.39 is 39.3 Å². The number of hydrogen-bond donors (Lipinski definition) is 1. The van der Waals surface area contributed by atoms with Gasteiger partial charge in [0, 0.05) is 31.5 Å². The molecule has 0 aliphatic rings. The molecular weight excluding hydrogens is 672 g/mol. The number of benzene rings is 2. The number of anilines is 1. The third-order valence-electron chi connectivity index (χ3n) is 7.44. The van der Waals surface area contributed by atoms with Gasteiger partial charge in [-0.25, -0.2) is 21.1 Å². The molecule has 0 saturated carbocycles. The van der Waals surface area contributed by atoms with Crippen molar-refractivity contribution < 1.29 is 35.8 Å². The van der Waals surface area contributed by atoms with E-state index in [4.69, 9.17) is 25.5 Å². The van der Waals surface area contributed by atoms with Crippen molar-refractivity contribution in [2.75, 3.05) is 31.3 Å². The van der Waals surface area contributed by atoms with Crippen LogP contribution < -0.4 is 13.8 Å². The summed E-state index contributed by atoms with van der Waals surface area (Å²) >= 11 is 6.08. The van der Waals surface area contributed by atoms with Gasteiger partial charge in [-0.15, -0.1) is 10.2 Å². The Hall–Kier alpha value is -3.37. The van der Waals surface area contributed by atoms with Crippen molar-refractivity contribution in [3.05, 3.63) is 64.9 Å². The summed E-state index contributed by atoms with van der Waals surface area (Å²) in [6, 6.07) is 13.0. The monoisotopic (exact) mass is 710 g/mol. The summed E-state index contributed by atoms with van der Waals surface area (Å²) in [5, 5.41) is 18.9. The summed E-state index contributed by atoms with van der Waals surface area (Å²) < 4.78 is 74.5. The molecule has 0 saturated heterocycles. The van der Waals surface area contributed by atoms with E-state index in [0.29, 0.717) is 34.8 Å². The second-order valence-electron chi connectivity index (χ2n) is 12.1. The molecule has 2 heterocycles. The maximum absolute atomic E-state index is 14.7. The zero-order valence-corrected chi connectivity index (χ0v) is 30.4. The van der Waals surface area contributed by atoms with Gasteiger partial charge >= 0.3 is 0 Å². The van der Waals surface area contributed by atoms with Gasteiger partial charge in [-0.05, 0) is 56.3 Å². The first-order valence-electron chi connectivity index (χ1n) is 14.3. The molecule has 1 N–H and O–H groups in total. The molecule has 0 unspecified atom stereocenters. The Bertz CT molecular complexity index is 1920. The van der Waals surface area contributed by atoms with E-state index in [1.54, 1.807) is 37.3 Å². The van der Waals surface area contributed by atoms with Gasteiger partial charge in [0.05, 0.1) is 25.2 Å². The molecule has 16 heteroatoms. The van der Waals surface area contributed by atoms with Gasteiger partial charge in [-0.3, -0.25) is 4.57 Å². The SMILES string of the molecule is COc1cccc(OC)c1-n1c(-c2ccc(C)o2)nnc1N(CC[Si](C)(C)C)S(=O)(=O)[C@H](C)[C@H](O)c1ccc(Cl)cc1S(C)(=O)=O. The number of aliphatic hydroxyl groups excluding tert-OH is 1. The molecule has 0 spiro atoms. The zero-order chi connectivity index (χ0) is 34.2. The largest absolute Gasteiger partial charge is 0.494 e. The molecule has 0 aliphatic heterocycles. The Morgan fingerprint density at radius 3 is 2.17 bits per heavy atom. The van der Waals surface area contributed by atoms with E-state index >= 15 is 0 Å². The first-order valence-corrected chi connectivity index (χ1v) is 21.8. The molecule has 0 fully saturated rings. The minimum Gasteiger partial charge on any atom is -0.494 e. The highest BCUT2D eigenvalue weighted by Gasteiger charge is 2.40. The van der Waals surface area contributed by atoms with E-state index in [-0.39, 0.29) is 33.8 Å². The van der Waals surface area contributed by atoms with Crippen LogP contribution in [-0.4, -0.2) is 77.1 Å². The molecule has 2 aromatic carbocycles. The van der Waals surface area contributed by atoms with Crippen molar-refractivity contribution in [2.24, 2.45) is 0 Å². The van der Waals surface area contributed by atoms with Gasteiger partial charge in [0.25, 0.3) is 0 Å². The fourth-order valence-corrected chi connectivity index (χ4v) is 8.69. The third-order valence-corrected chi connectivity index (χ3v) is 12.7. The van der Waals surface area contributed by atoms with E-state index in [9.17, 15) is 21.9 Å². The van der Waals surface area contributed by atoms with Gasteiger partial charge in [0.2, 0.25) is 21.8 Å². The highest BCUT2D eigenvalue weighted by atomic mass is 35.5. The second-order valence-corrected chi connectivity index (χ2v) is 22.4. The molecule has 0 bridgehead atoms. The molecule has 0 radical (unpaired) electrons. The highest BCUT2D eigenvalue weighted by molar-refractivity contribution is 7.93. The van der Waals surface area contributed by atoms with Crippen LogP contribution in [0.2, 0.25) is 30.7 Å². The molecular formula is C30H39ClN4O8S2Si. The van der Waals surface area contributed by atoms with E-state index in [1.165, 1.54) is 43.9 Å². The van der Waals surface area contributed by atoms with E-state index in [1.807, 2.05) is 0 Å². The van der Waals surface area contributed by atoms with Crippen LogP contribution in [0.25, 0.3) is 17.3 Å². The van der Waals surface area contributed by atoms with Crippen LogP contribution in [0.5, 0.6) is 11.5 Å². The number of ether oxygens (including phenoxy) is 2. The Morgan fingerprint density at radius 2 is 1.65 bits per heavy atom. The summed E-state index contributed by atoms with van der Waals surface area (Å²) in [5.74, 6) is 1.70. The molecule has 2 aromatic heterocycles. The lowest BCUT2D eigenvalue weighted by atomic mass is 10.1. The molecule has 4 rings (SSSR count). The number of sulfonamides is 1. The van der Waals surface area contributed by atoms with Crippen LogP contribution in [0.3, 0.4) is 0 Å². The fourth-order valence-electron chi connectivity index (χ4n) is 4.88. The van der Waals surface area contributed by atoms with Crippen LogP contribution in [-0.2, 0) is 19.9 Å². The van der Waals surface area contributed by atoms with Gasteiger partial charge in [-0.1, -0.05) is 43.4 Å². The molecule has 0 aliphatic carbocycles. The summed E-state index contributed by atoms with van der Waals surface area (Å²) in [4.78, 5) is -0.263. The van der Waals surface area contributed by atoms with Crippen LogP contribution in [0.1, 0.15) is 24.4 Å². The minimum atomic E-state index is -4.49. The highest BCUT2D eigenvalue weighted by Crippen LogP contribution is 2.40. The molecule has 12 nitrogen and oxygen atoms in total. The molecule has 250 valence electrons. The minimum absolute atomic E-state index is 0.00144. The summed E-state index contributed by atoms with van der Waals surface area (Å²) in [7, 11) is -7.29. The normalized spacial score (nSPS) is 13.8. The van der Waals surface area contributed by atoms with Crippen LogP contribution in [0, 0.1) is 6.92 Å². The first kappa shape index (κ1) is 35.5. The lowest BCUT2D eigenvalue weighted by molar-refractivity contribution is 0.172. The number of aryl methyl sites for hydroxylation is 1. The van der Waals surface area contributed by atoms with Gasteiger partial charge in [0.1, 0.15) is 28.2 Å². The van der Waals surface area contributed by atoms with E-state index in [2.05, 4.69) is 29.8 Å². The Morgan fingerprint density at radius 1 is 1.02 bits per heavy atom. The number of methoxy groups -OCH3 is 2. The topological polar surface area (TPSA) is 154 Å². The molecule has 4 aromatic rings. The Kier molecular flexibility index (Phi) is 10.3. The standard InChI is InChI=1S/C30H39ClN4O8S2Si/c1-19-12-15-25(43-19)29-32-33-30(35(29)27-23(41-3)10-9-11-24(27)42-4)34(16-17-46(6,7)8)45(39,40)20(2)28(36)22-14-13-21(31)18-26(22)44(5,37)38/h9-15,18,20,28,36H,16-17H2,1-8H3/t20-,28+/m1/s1. The Labute approximate surface area is 275 Å². The number of nitrogens with zero attached hydrogens (tertiary/aromatic N) is 4. The van der Waals surface area contributed by atoms with E-state index in [0.717, 1.165) is 10.6 Å². The van der Waals surface area contributed by atoms with Crippen LogP contribution in [0.15, 0.2) is 57.8 Å². The quantitative estimate of drug-likeness (QED) is 0.176. The smallest absolute Gasteiger partial charge is 0.246 e. The van der Waals surface area contributed by atoms with Gasteiger partial charge in [0.15, 0.2) is 15.6 Å². The fraction of sp³-hybridized carbons (Fsp3) is 0.400. The predicted octanol–water partition coefficient (Wildman–Crippen LogP) is 5.51. The number of aromatic nitrogens is 3. The van der Waals surface area contributed by atoms with Crippen molar-refractivity contribution in [1.82, 2.24) is 14.8 Å². The predicted molar refractivity (Wildman–Crippen MR) is 180 cm³/mol. The molecule has 46 heavy (non-hydrogen) atoms. The average molecular weight is 711 g/mol. The van der Waals surface area contributed by atoms with Crippen LogP contribution >= 0.6 is 11.6 Å². The number of sulfone groups is 1. The maximum Gasteiger partial charge on any atom is 0.246 e. The molecule has 0 amide bonds. The van der Waals surface area contributed by atoms with Crippen molar-refractivity contribution in [3.8, 4) is 28.8 Å². The van der Waals surface area contributed by atoms with Crippen molar-refractivity contribution >= 4 is 45.5 Å². The van der Waals surface area contributed by atoms with Gasteiger partial charge < -0.3 is 19.0 Å².